The normalized spacial score (nSPS) is 11.2. The highest BCUT2D eigenvalue weighted by molar-refractivity contribution is 7.92. The van der Waals surface area contributed by atoms with Gasteiger partial charge in [0.25, 0.3) is 15.9 Å². The predicted octanol–water partition coefficient (Wildman–Crippen LogP) is 3.88. The lowest BCUT2D eigenvalue weighted by Gasteiger charge is -2.10. The number of nitrogens with zero attached hydrogens (tertiary/aromatic N) is 1. The third kappa shape index (κ3) is 19.3. The molecule has 1 aromatic heterocycles. The first-order valence-electron chi connectivity index (χ1n) is 17.9. The fraction of sp³-hybridized carbons (Fsp3) is 0.447. The van der Waals surface area contributed by atoms with E-state index in [1.807, 2.05) is 24.3 Å². The molecule has 1 heterocycles. The number of aryl methyl sites for hydroxylation is 1. The van der Waals surface area contributed by atoms with Crippen molar-refractivity contribution < 1.29 is 61.5 Å². The quantitative estimate of drug-likeness (QED) is 0.0704. The topological polar surface area (TPSA) is 226 Å². The van der Waals surface area contributed by atoms with Crippen LogP contribution in [0.1, 0.15) is 60.0 Å². The maximum absolute atomic E-state index is 12.9. The number of carbonyl (C=O) groups excluding carboxylic acids is 2. The number of carboxylic acids is 2. The van der Waals surface area contributed by atoms with Crippen LogP contribution >= 0.6 is 0 Å². The molecule has 3 aromatic rings. The average molecular weight is 788 g/mol. The van der Waals surface area contributed by atoms with E-state index in [9.17, 15) is 27.6 Å². The Morgan fingerprint density at radius 2 is 1.33 bits per heavy atom. The van der Waals surface area contributed by atoms with Crippen LogP contribution in [0.15, 0.2) is 71.8 Å². The number of sulfonamides is 1. The number of benzene rings is 2. The SMILES string of the molecule is O=C(O)CCCCCc1ccc(OCc2ccc(S(=O)(=O)Nc3ccc(C(=O)NCCOCCOCC(=O)CCCOCCOCC(=O)O)cn3)cc2)cc1. The van der Waals surface area contributed by atoms with E-state index in [1.165, 1.54) is 30.5 Å². The summed E-state index contributed by atoms with van der Waals surface area (Å²) in [5.74, 6) is -1.59. The number of anilines is 1. The molecule has 2 aromatic carbocycles. The maximum Gasteiger partial charge on any atom is 0.329 e. The van der Waals surface area contributed by atoms with Gasteiger partial charge in [-0.15, -0.1) is 0 Å². The zero-order valence-corrected chi connectivity index (χ0v) is 31.4. The highest BCUT2D eigenvalue weighted by Crippen LogP contribution is 2.19. The molecule has 55 heavy (non-hydrogen) atoms. The van der Waals surface area contributed by atoms with E-state index in [4.69, 9.17) is 33.9 Å². The van der Waals surface area contributed by atoms with Crippen LogP contribution in [0, 0.1) is 0 Å². The van der Waals surface area contributed by atoms with Crippen LogP contribution in [-0.4, -0.2) is 107 Å². The first-order valence-corrected chi connectivity index (χ1v) is 19.3. The zero-order valence-electron chi connectivity index (χ0n) is 30.6. The van der Waals surface area contributed by atoms with Gasteiger partial charge in [-0.2, -0.15) is 0 Å². The van der Waals surface area contributed by atoms with Gasteiger partial charge in [-0.1, -0.05) is 30.7 Å². The van der Waals surface area contributed by atoms with Crippen molar-refractivity contribution in [2.24, 2.45) is 0 Å². The van der Waals surface area contributed by atoms with E-state index in [0.29, 0.717) is 25.2 Å². The van der Waals surface area contributed by atoms with Gasteiger partial charge in [0.2, 0.25) is 0 Å². The van der Waals surface area contributed by atoms with E-state index in [0.717, 1.165) is 30.4 Å². The summed E-state index contributed by atoms with van der Waals surface area (Å²) in [7, 11) is -3.95. The van der Waals surface area contributed by atoms with Crippen molar-refractivity contribution in [1.82, 2.24) is 10.3 Å². The van der Waals surface area contributed by atoms with Crippen LogP contribution in [0.4, 0.5) is 5.82 Å². The summed E-state index contributed by atoms with van der Waals surface area (Å²) in [6.45, 7) is 1.43. The number of carbonyl (C=O) groups is 4. The minimum Gasteiger partial charge on any atom is -0.489 e. The van der Waals surface area contributed by atoms with Crippen molar-refractivity contribution >= 4 is 39.5 Å². The van der Waals surface area contributed by atoms with Crippen molar-refractivity contribution in [2.45, 2.75) is 56.4 Å². The number of pyridine rings is 1. The van der Waals surface area contributed by atoms with Gasteiger partial charge in [0, 0.05) is 32.2 Å². The Morgan fingerprint density at radius 1 is 0.655 bits per heavy atom. The third-order valence-electron chi connectivity index (χ3n) is 7.69. The van der Waals surface area contributed by atoms with Crippen molar-refractivity contribution in [3.8, 4) is 5.75 Å². The lowest BCUT2D eigenvalue weighted by molar-refractivity contribution is -0.143. The summed E-state index contributed by atoms with van der Waals surface area (Å²) in [5, 5.41) is 19.9. The average Bonchev–Trinajstić information content (AvgIpc) is 3.16. The number of hydrogen-bond acceptors (Lipinski definition) is 12. The van der Waals surface area contributed by atoms with Gasteiger partial charge in [0.05, 0.1) is 43.5 Å². The van der Waals surface area contributed by atoms with E-state index >= 15 is 0 Å². The van der Waals surface area contributed by atoms with Crippen molar-refractivity contribution in [3.05, 3.63) is 83.6 Å². The molecule has 0 aliphatic heterocycles. The van der Waals surface area contributed by atoms with Crippen molar-refractivity contribution in [2.75, 3.05) is 64.1 Å². The van der Waals surface area contributed by atoms with Gasteiger partial charge < -0.3 is 39.2 Å². The van der Waals surface area contributed by atoms with E-state index in [1.54, 1.807) is 12.1 Å². The fourth-order valence-electron chi connectivity index (χ4n) is 4.82. The molecule has 17 heteroatoms. The molecule has 0 aliphatic rings. The molecule has 300 valence electrons. The predicted molar refractivity (Wildman–Crippen MR) is 200 cm³/mol. The highest BCUT2D eigenvalue weighted by atomic mass is 32.2. The number of hydrogen-bond donors (Lipinski definition) is 4. The number of ether oxygens (including phenoxy) is 5. The lowest BCUT2D eigenvalue weighted by atomic mass is 10.1. The number of carboxylic acid groups (broad SMARTS) is 2. The summed E-state index contributed by atoms with van der Waals surface area (Å²) in [5.41, 5.74) is 2.15. The molecule has 0 bridgehead atoms. The molecule has 0 aliphatic carbocycles. The fourth-order valence-corrected chi connectivity index (χ4v) is 5.83. The van der Waals surface area contributed by atoms with Gasteiger partial charge >= 0.3 is 11.9 Å². The van der Waals surface area contributed by atoms with Gasteiger partial charge in [0.1, 0.15) is 31.4 Å². The minimum absolute atomic E-state index is 0.0330. The Labute approximate surface area is 320 Å². The van der Waals surface area contributed by atoms with Crippen LogP contribution in [0.3, 0.4) is 0 Å². The van der Waals surface area contributed by atoms with Crippen molar-refractivity contribution in [3.63, 3.8) is 0 Å². The molecule has 4 N–H and O–H groups in total. The van der Waals surface area contributed by atoms with Gasteiger partial charge in [0.15, 0.2) is 5.78 Å². The number of amides is 1. The number of unbranched alkanes of at least 4 members (excludes halogenated alkanes) is 2. The van der Waals surface area contributed by atoms with E-state index in [2.05, 4.69) is 15.0 Å². The standard InChI is InChI=1S/C38H49N3O13S/c42-32(6-4-19-50-21-24-53-28-37(45)46)27-52-23-22-51-20-18-39-38(47)31-12-17-35(40-25-31)41-55(48,49)34-15-10-30(11-16-34)26-54-33-13-8-29(9-14-33)5-2-1-3-7-36(43)44/h8-17,25H,1-7,18-24,26-28H2,(H,39,47)(H,40,41)(H,43,44)(H,45,46). The Bertz CT molecular complexity index is 1720. The molecule has 0 radical (unpaired) electrons. The largest absolute Gasteiger partial charge is 0.489 e. The molecule has 16 nitrogen and oxygen atoms in total. The number of rotatable bonds is 30. The van der Waals surface area contributed by atoms with Crippen LogP contribution in [-0.2, 0) is 56.4 Å². The zero-order chi connectivity index (χ0) is 39.7. The number of Topliss-reactive ketones (excluding diaryl/α,β-unsaturated/α-hetero) is 1. The summed E-state index contributed by atoms with van der Waals surface area (Å²) in [4.78, 5) is 49.4. The molecule has 0 fully saturated rings. The van der Waals surface area contributed by atoms with Gasteiger partial charge in [-0.25, -0.2) is 18.2 Å². The van der Waals surface area contributed by atoms with Gasteiger partial charge in [-0.3, -0.25) is 19.1 Å². The second kappa shape index (κ2) is 25.2. The van der Waals surface area contributed by atoms with Crippen LogP contribution < -0.4 is 14.8 Å². The minimum atomic E-state index is -3.95. The first-order chi connectivity index (χ1) is 26.5. The Balaban J connectivity index is 1.26. The van der Waals surface area contributed by atoms with Gasteiger partial charge in [-0.05, 0) is 73.2 Å². The number of aliphatic carboxylic acids is 2. The van der Waals surface area contributed by atoms with Crippen LogP contribution in [0.25, 0.3) is 0 Å². The van der Waals surface area contributed by atoms with Crippen LogP contribution in [0.5, 0.6) is 5.75 Å². The molecular weight excluding hydrogens is 738 g/mol. The summed E-state index contributed by atoms with van der Waals surface area (Å²) < 4.78 is 55.0. The molecule has 0 spiro atoms. The lowest BCUT2D eigenvalue weighted by Crippen LogP contribution is -2.28. The van der Waals surface area contributed by atoms with E-state index < -0.39 is 27.9 Å². The molecule has 0 unspecified atom stereocenters. The third-order valence-corrected chi connectivity index (χ3v) is 9.06. The van der Waals surface area contributed by atoms with E-state index in [-0.39, 0.29) is 94.3 Å². The summed E-state index contributed by atoms with van der Waals surface area (Å²) in [6.07, 6.45) is 5.56. The number of aromatic nitrogens is 1. The summed E-state index contributed by atoms with van der Waals surface area (Å²) in [6, 6.07) is 16.8. The second-order valence-corrected chi connectivity index (χ2v) is 13.9. The Hall–Kier alpha value is -4.94. The number of nitrogens with one attached hydrogen (secondary N) is 2. The van der Waals surface area contributed by atoms with Crippen LogP contribution in [0.2, 0.25) is 0 Å². The number of ketones is 1. The highest BCUT2D eigenvalue weighted by Gasteiger charge is 2.16. The molecule has 1 amide bonds. The Morgan fingerprint density at radius 3 is 2.00 bits per heavy atom. The second-order valence-electron chi connectivity index (χ2n) is 12.2. The molecule has 3 rings (SSSR count). The molecule has 0 atom stereocenters. The monoisotopic (exact) mass is 787 g/mol. The smallest absolute Gasteiger partial charge is 0.329 e. The molecular formula is C38H49N3O13S. The molecule has 0 saturated heterocycles. The van der Waals surface area contributed by atoms with Crippen molar-refractivity contribution in [1.29, 1.82) is 0 Å². The Kier molecular flexibility index (Phi) is 20.4. The summed E-state index contributed by atoms with van der Waals surface area (Å²) >= 11 is 0. The molecule has 0 saturated carbocycles. The maximum atomic E-state index is 12.9. The first kappa shape index (κ1) is 44.5.